The summed E-state index contributed by atoms with van der Waals surface area (Å²) in [5.41, 5.74) is 4.40. The van der Waals surface area contributed by atoms with Gasteiger partial charge in [-0.15, -0.1) is 0 Å². The molecular weight excluding hydrogens is 220 g/mol. The van der Waals surface area contributed by atoms with E-state index in [1.807, 2.05) is 26.0 Å². The van der Waals surface area contributed by atoms with Crippen molar-refractivity contribution in [1.29, 1.82) is 0 Å². The van der Waals surface area contributed by atoms with Crippen molar-refractivity contribution in [1.82, 2.24) is 4.90 Å². The number of hydrogen-bond donors (Lipinski definition) is 3. The summed E-state index contributed by atoms with van der Waals surface area (Å²) in [7, 11) is 3.37. The summed E-state index contributed by atoms with van der Waals surface area (Å²) in [6, 6.07) is 0. The fourth-order valence-electron chi connectivity index (χ4n) is 0. The van der Waals surface area contributed by atoms with E-state index in [0.29, 0.717) is 0 Å². The number of nitrogens with zero attached hydrogens (tertiary/aromatic N) is 1. The molecule has 84 valence electrons. The van der Waals surface area contributed by atoms with Crippen LogP contribution >= 0.6 is 24.4 Å². The van der Waals surface area contributed by atoms with Crippen molar-refractivity contribution < 1.29 is 10.2 Å². The van der Waals surface area contributed by atoms with Crippen LogP contribution in [0.4, 0.5) is 0 Å². The van der Waals surface area contributed by atoms with E-state index in [1.165, 1.54) is 4.90 Å². The molecule has 0 heterocycles. The number of nitrogens with two attached hydrogens (primary N) is 1. The van der Waals surface area contributed by atoms with E-state index in [-0.39, 0.29) is 5.17 Å². The number of rotatable bonds is 0. The molecule has 0 bridgehead atoms. The van der Waals surface area contributed by atoms with Gasteiger partial charge in [-0.1, -0.05) is 12.2 Å². The summed E-state index contributed by atoms with van der Waals surface area (Å²) in [4.78, 5) is 1.45. The lowest BCUT2D eigenvalue weighted by Gasteiger charge is -2.03. The molecule has 0 spiro atoms. The van der Waals surface area contributed by atoms with Crippen LogP contribution < -0.4 is 5.73 Å². The predicted molar refractivity (Wildman–Crippen MR) is 68.8 cm³/mol. The van der Waals surface area contributed by atoms with Crippen molar-refractivity contribution >= 4 is 34.8 Å². The number of hydrogen-bond acceptors (Lipinski definition) is 2. The molecule has 0 aliphatic carbocycles. The second-order valence-corrected chi connectivity index (χ2v) is 2.97. The maximum absolute atomic E-state index is 8.29. The van der Waals surface area contributed by atoms with Gasteiger partial charge >= 0.3 is 0 Å². The molecule has 0 unspecified atom stereocenters. The van der Waals surface area contributed by atoms with Crippen molar-refractivity contribution in [2.24, 2.45) is 5.73 Å². The smallest absolute Gasteiger partial charge is 0.256 e. The zero-order valence-corrected chi connectivity index (χ0v) is 10.5. The molecule has 0 saturated heterocycles. The molecule has 0 rings (SSSR count). The molecule has 0 fully saturated rings. The van der Waals surface area contributed by atoms with Crippen molar-refractivity contribution in [2.75, 3.05) is 14.1 Å². The fraction of sp³-hybridized carbons (Fsp3) is 0.500. The van der Waals surface area contributed by atoms with Crippen LogP contribution in [0.15, 0.2) is 12.2 Å². The molecule has 0 radical (unpaired) electrons. The summed E-state index contributed by atoms with van der Waals surface area (Å²) in [5.74, 6) is 0. The largest absolute Gasteiger partial charge is 0.487 e. The average Bonchev–Trinajstić information content (AvgIpc) is 2.03. The molecule has 0 saturated carbocycles. The molecule has 0 aliphatic heterocycles. The topological polar surface area (TPSA) is 69.7 Å². The Hall–Kier alpha value is -0.880. The summed E-state index contributed by atoms with van der Waals surface area (Å²) in [6.45, 7) is 4.00. The van der Waals surface area contributed by atoms with Crippen LogP contribution in [0.5, 0.6) is 0 Å². The van der Waals surface area contributed by atoms with Crippen molar-refractivity contribution in [3.8, 4) is 0 Å². The van der Waals surface area contributed by atoms with Gasteiger partial charge in [0, 0.05) is 14.1 Å². The zero-order chi connectivity index (χ0) is 12.1. The van der Waals surface area contributed by atoms with E-state index < -0.39 is 5.17 Å². The maximum Gasteiger partial charge on any atom is 0.256 e. The van der Waals surface area contributed by atoms with E-state index >= 15 is 0 Å². The minimum Gasteiger partial charge on any atom is -0.487 e. The van der Waals surface area contributed by atoms with Crippen LogP contribution in [0, 0.1) is 0 Å². The first-order valence-corrected chi connectivity index (χ1v) is 4.57. The third-order valence-corrected chi connectivity index (χ3v) is 1.08. The molecule has 0 aromatic carbocycles. The quantitative estimate of drug-likeness (QED) is 0.441. The monoisotopic (exact) mass is 238 g/mol. The van der Waals surface area contributed by atoms with E-state index in [1.54, 1.807) is 14.1 Å². The minimum absolute atomic E-state index is 0.0741. The third kappa shape index (κ3) is 67.1. The Kier molecular flexibility index (Phi) is 19.7. The lowest BCUT2D eigenvalue weighted by Crippen LogP contribution is -2.17. The molecule has 0 aliphatic rings. The first-order chi connectivity index (χ1) is 6.29. The summed E-state index contributed by atoms with van der Waals surface area (Å²) in [5, 5.41) is 15.3. The molecule has 0 atom stereocenters. The fourth-order valence-corrected chi connectivity index (χ4v) is 0. The third-order valence-electron chi connectivity index (χ3n) is 0.716. The molecule has 6 heteroatoms. The van der Waals surface area contributed by atoms with E-state index in [2.05, 4.69) is 30.2 Å². The second kappa shape index (κ2) is 14.6. The first kappa shape index (κ1) is 18.8. The van der Waals surface area contributed by atoms with Gasteiger partial charge < -0.3 is 20.8 Å². The number of thiocarbonyl (C=S) groups is 2. The van der Waals surface area contributed by atoms with Crippen molar-refractivity contribution in [2.45, 2.75) is 13.8 Å². The molecule has 0 aromatic heterocycles. The number of allylic oxidation sites excluding steroid dienone is 2. The SMILES string of the molecule is CC=CC.CN(C)C(O)=S.NC(O)=S. The zero-order valence-electron chi connectivity index (χ0n) is 8.89. The summed E-state index contributed by atoms with van der Waals surface area (Å²) >= 11 is 8.17. The average molecular weight is 238 g/mol. The van der Waals surface area contributed by atoms with Crippen LogP contribution in [0.25, 0.3) is 0 Å². The van der Waals surface area contributed by atoms with E-state index in [9.17, 15) is 0 Å². The standard InChI is InChI=1S/C4H8.C3H7NOS.CH3NOS/c1-3-4-2;1-4(2)3(5)6;2-1(3)4/h3-4H,1-2H3;1-2H3,(H,5,6);(H3,2,3,4). The lowest BCUT2D eigenvalue weighted by molar-refractivity contribution is 0.442. The van der Waals surface area contributed by atoms with Crippen LogP contribution in [0.2, 0.25) is 0 Å². The first-order valence-electron chi connectivity index (χ1n) is 3.75. The van der Waals surface area contributed by atoms with Crippen LogP contribution in [0.3, 0.4) is 0 Å². The maximum atomic E-state index is 8.29. The van der Waals surface area contributed by atoms with Gasteiger partial charge in [-0.25, -0.2) is 0 Å². The highest BCUT2D eigenvalue weighted by molar-refractivity contribution is 7.80. The van der Waals surface area contributed by atoms with Gasteiger partial charge in [0.2, 0.25) is 0 Å². The molecule has 14 heavy (non-hydrogen) atoms. The molecule has 0 amide bonds. The van der Waals surface area contributed by atoms with Crippen molar-refractivity contribution in [3.05, 3.63) is 12.2 Å². The van der Waals surface area contributed by atoms with Gasteiger partial charge in [0.1, 0.15) is 0 Å². The molecule has 0 aromatic rings. The molecular formula is C8H18N2O2S2. The Morgan fingerprint density at radius 1 is 1.14 bits per heavy atom. The van der Waals surface area contributed by atoms with E-state index in [4.69, 9.17) is 10.2 Å². The highest BCUT2D eigenvalue weighted by Gasteiger charge is 1.86. The van der Waals surface area contributed by atoms with Crippen LogP contribution in [-0.2, 0) is 0 Å². The Morgan fingerprint density at radius 3 is 1.29 bits per heavy atom. The molecule has 4 N–H and O–H groups in total. The predicted octanol–water partition coefficient (Wildman–Crippen LogP) is 1.76. The van der Waals surface area contributed by atoms with Gasteiger partial charge in [0.25, 0.3) is 10.3 Å². The van der Waals surface area contributed by atoms with E-state index in [0.717, 1.165) is 0 Å². The van der Waals surface area contributed by atoms with Crippen LogP contribution in [0.1, 0.15) is 13.8 Å². The van der Waals surface area contributed by atoms with Gasteiger partial charge in [-0.3, -0.25) is 0 Å². The number of aliphatic hydroxyl groups excluding tert-OH is 2. The summed E-state index contributed by atoms with van der Waals surface area (Å²) < 4.78 is 0. The van der Waals surface area contributed by atoms with Gasteiger partial charge in [0.15, 0.2) is 0 Å². The highest BCUT2D eigenvalue weighted by atomic mass is 32.1. The number of aliphatic hydroxyl groups is 2. The minimum atomic E-state index is -0.500. The Morgan fingerprint density at radius 2 is 1.29 bits per heavy atom. The van der Waals surface area contributed by atoms with Gasteiger partial charge in [0.05, 0.1) is 0 Å². The highest BCUT2D eigenvalue weighted by Crippen LogP contribution is 1.71. The molecule has 4 nitrogen and oxygen atoms in total. The van der Waals surface area contributed by atoms with Gasteiger partial charge in [-0.05, 0) is 38.3 Å². The van der Waals surface area contributed by atoms with Crippen molar-refractivity contribution in [3.63, 3.8) is 0 Å². The Bertz CT molecular complexity index is 174. The normalized spacial score (nSPS) is 7.71. The Labute approximate surface area is 96.0 Å². The van der Waals surface area contributed by atoms with Crippen LogP contribution in [-0.4, -0.2) is 39.6 Å². The van der Waals surface area contributed by atoms with Gasteiger partial charge in [-0.2, -0.15) is 0 Å². The Balaban J connectivity index is -0.000000135. The summed E-state index contributed by atoms with van der Waals surface area (Å²) in [6.07, 6.45) is 4.00. The lowest BCUT2D eigenvalue weighted by atomic mass is 10.6. The second-order valence-electron chi connectivity index (χ2n) is 2.18.